The van der Waals surface area contributed by atoms with E-state index in [1.54, 1.807) is 6.20 Å². The molecule has 5 nitrogen and oxygen atoms in total. The van der Waals surface area contributed by atoms with E-state index in [9.17, 15) is 8.42 Å². The van der Waals surface area contributed by atoms with E-state index in [4.69, 9.17) is 0 Å². The lowest BCUT2D eigenvalue weighted by atomic mass is 10.2. The molecule has 0 atom stereocenters. The average Bonchev–Trinajstić information content (AvgIpc) is 2.73. The number of fused-ring (bicyclic) bond motifs is 1. The minimum Gasteiger partial charge on any atom is -0.328 e. The molecule has 0 radical (unpaired) electrons. The fourth-order valence-electron chi connectivity index (χ4n) is 2.59. The first-order valence-electron chi connectivity index (χ1n) is 7.40. The highest BCUT2D eigenvalue weighted by Gasteiger charge is 2.12. The van der Waals surface area contributed by atoms with Gasteiger partial charge in [-0.3, -0.25) is 4.98 Å². The average molecular weight is 309 g/mol. The van der Waals surface area contributed by atoms with E-state index >= 15 is 0 Å². The summed E-state index contributed by atoms with van der Waals surface area (Å²) in [7, 11) is -2.87. The van der Waals surface area contributed by atoms with Crippen molar-refractivity contribution in [1.29, 1.82) is 0 Å². The fourth-order valence-corrected chi connectivity index (χ4v) is 3.32. The maximum Gasteiger partial charge on any atom is 0.147 e. The number of sulfone groups is 1. The maximum atomic E-state index is 11.2. The lowest BCUT2D eigenvalue weighted by Gasteiger charge is -2.09. The van der Waals surface area contributed by atoms with Crippen molar-refractivity contribution in [3.8, 4) is 0 Å². The summed E-state index contributed by atoms with van der Waals surface area (Å²) < 4.78 is 24.6. The van der Waals surface area contributed by atoms with E-state index in [-0.39, 0.29) is 5.75 Å². The number of nitrogens with zero attached hydrogens (tertiary/aromatic N) is 3. The molecule has 0 unspecified atom stereocenters. The second-order valence-corrected chi connectivity index (χ2v) is 7.85. The highest BCUT2D eigenvalue weighted by Crippen LogP contribution is 2.20. The van der Waals surface area contributed by atoms with Gasteiger partial charge in [0.15, 0.2) is 0 Å². The molecule has 0 aliphatic heterocycles. The lowest BCUT2D eigenvalue weighted by Crippen LogP contribution is -2.08. The summed E-state index contributed by atoms with van der Waals surface area (Å²) in [4.78, 5) is 8.87. The number of hydrogen-bond acceptors (Lipinski definition) is 4. The Morgan fingerprint density at radius 3 is 2.67 bits per heavy atom. The van der Waals surface area contributed by atoms with E-state index in [1.165, 1.54) is 6.26 Å². The predicted octanol–water partition coefficient (Wildman–Crippen LogP) is 2.52. The smallest absolute Gasteiger partial charge is 0.147 e. The summed E-state index contributed by atoms with van der Waals surface area (Å²) >= 11 is 0. The molecule has 0 aromatic carbocycles. The maximum absolute atomic E-state index is 11.2. The third-order valence-electron chi connectivity index (χ3n) is 3.53. The van der Waals surface area contributed by atoms with E-state index in [2.05, 4.69) is 21.5 Å². The van der Waals surface area contributed by atoms with Gasteiger partial charge in [0.05, 0.1) is 11.7 Å². The van der Waals surface area contributed by atoms with Gasteiger partial charge in [-0.1, -0.05) is 6.92 Å². The Morgan fingerprint density at radius 1 is 1.24 bits per heavy atom. The first-order chi connectivity index (χ1) is 9.92. The van der Waals surface area contributed by atoms with Crippen molar-refractivity contribution >= 4 is 20.9 Å². The Morgan fingerprint density at radius 2 is 2.00 bits per heavy atom. The van der Waals surface area contributed by atoms with Gasteiger partial charge in [-0.25, -0.2) is 13.4 Å². The molecule has 6 heteroatoms. The van der Waals surface area contributed by atoms with Crippen LogP contribution in [0.15, 0.2) is 12.4 Å². The van der Waals surface area contributed by atoms with E-state index in [0.29, 0.717) is 6.42 Å². The normalized spacial score (nSPS) is 12.1. The fraction of sp³-hybridized carbons (Fsp3) is 0.600. The molecule has 0 N–H and O–H groups in total. The molecule has 116 valence electrons. The SMILES string of the molecule is CCCc1nc2cncc(C)c2n1CCCCS(C)(=O)=O. The van der Waals surface area contributed by atoms with Crippen molar-refractivity contribution in [2.75, 3.05) is 12.0 Å². The van der Waals surface area contributed by atoms with E-state index < -0.39 is 9.84 Å². The van der Waals surface area contributed by atoms with Crippen LogP contribution in [0.3, 0.4) is 0 Å². The van der Waals surface area contributed by atoms with Gasteiger partial charge in [0, 0.05) is 31.2 Å². The summed E-state index contributed by atoms with van der Waals surface area (Å²) in [6.45, 7) is 4.99. The predicted molar refractivity (Wildman–Crippen MR) is 85.2 cm³/mol. The van der Waals surface area contributed by atoms with Crippen molar-refractivity contribution in [1.82, 2.24) is 14.5 Å². The molecular formula is C15H23N3O2S. The van der Waals surface area contributed by atoms with Crippen LogP contribution in [0.4, 0.5) is 0 Å². The molecule has 0 saturated heterocycles. The number of rotatable bonds is 7. The monoisotopic (exact) mass is 309 g/mol. The molecule has 2 aromatic rings. The zero-order valence-electron chi connectivity index (χ0n) is 13.0. The molecule has 0 saturated carbocycles. The molecular weight excluding hydrogens is 286 g/mol. The standard InChI is InChI=1S/C15H23N3O2S/c1-4-7-14-17-13-11-16-10-12(2)15(13)18(14)8-5-6-9-21(3,19)20/h10-11H,4-9H2,1-3H3. The van der Waals surface area contributed by atoms with Crippen molar-refractivity contribution in [3.05, 3.63) is 23.8 Å². The molecule has 0 bridgehead atoms. The van der Waals surface area contributed by atoms with Crippen LogP contribution in [0.1, 0.15) is 37.6 Å². The second-order valence-electron chi connectivity index (χ2n) is 5.59. The van der Waals surface area contributed by atoms with Gasteiger partial charge in [-0.2, -0.15) is 0 Å². The van der Waals surface area contributed by atoms with Crippen LogP contribution in [0, 0.1) is 6.92 Å². The third kappa shape index (κ3) is 4.03. The topological polar surface area (TPSA) is 64.8 Å². The second kappa shape index (κ2) is 6.56. The van der Waals surface area contributed by atoms with Crippen LogP contribution in [0.5, 0.6) is 0 Å². The number of hydrogen-bond donors (Lipinski definition) is 0. The van der Waals surface area contributed by atoms with Crippen LogP contribution in [-0.2, 0) is 22.8 Å². The lowest BCUT2D eigenvalue weighted by molar-refractivity contribution is 0.583. The number of pyridine rings is 1. The minimum atomic E-state index is -2.87. The third-order valence-corrected chi connectivity index (χ3v) is 4.56. The van der Waals surface area contributed by atoms with Crippen LogP contribution in [-0.4, -0.2) is 35.0 Å². The van der Waals surface area contributed by atoms with Gasteiger partial charge in [-0.05, 0) is 31.7 Å². The summed E-state index contributed by atoms with van der Waals surface area (Å²) in [6.07, 6.45) is 8.45. The molecule has 0 amide bonds. The van der Waals surface area contributed by atoms with Gasteiger partial charge in [0.1, 0.15) is 21.2 Å². The van der Waals surface area contributed by atoms with Crippen molar-refractivity contribution in [3.63, 3.8) is 0 Å². The van der Waals surface area contributed by atoms with Gasteiger partial charge in [0.2, 0.25) is 0 Å². The van der Waals surface area contributed by atoms with E-state index in [1.807, 2.05) is 13.1 Å². The largest absolute Gasteiger partial charge is 0.328 e. The van der Waals surface area contributed by atoms with Gasteiger partial charge in [0.25, 0.3) is 0 Å². The summed E-state index contributed by atoms with van der Waals surface area (Å²) in [5.41, 5.74) is 3.18. The highest BCUT2D eigenvalue weighted by atomic mass is 32.2. The molecule has 0 spiro atoms. The van der Waals surface area contributed by atoms with Crippen LogP contribution < -0.4 is 0 Å². The number of aromatic nitrogens is 3. The molecule has 21 heavy (non-hydrogen) atoms. The molecule has 0 aliphatic carbocycles. The van der Waals surface area contributed by atoms with Crippen LogP contribution >= 0.6 is 0 Å². The number of aryl methyl sites for hydroxylation is 3. The molecule has 2 aromatic heterocycles. The van der Waals surface area contributed by atoms with Crippen molar-refractivity contribution in [2.45, 2.75) is 46.1 Å². The minimum absolute atomic E-state index is 0.253. The van der Waals surface area contributed by atoms with Gasteiger partial charge >= 0.3 is 0 Å². The van der Waals surface area contributed by atoms with Crippen LogP contribution in [0.2, 0.25) is 0 Å². The molecule has 2 rings (SSSR count). The quantitative estimate of drug-likeness (QED) is 0.737. The van der Waals surface area contributed by atoms with E-state index in [0.717, 1.165) is 48.2 Å². The number of imidazole rings is 1. The van der Waals surface area contributed by atoms with Gasteiger partial charge < -0.3 is 4.57 Å². The first kappa shape index (κ1) is 15.9. The Labute approximate surface area is 126 Å². The van der Waals surface area contributed by atoms with Crippen molar-refractivity contribution < 1.29 is 8.42 Å². The molecule has 0 fully saturated rings. The Hall–Kier alpha value is -1.43. The zero-order chi connectivity index (χ0) is 15.5. The zero-order valence-corrected chi connectivity index (χ0v) is 13.8. The van der Waals surface area contributed by atoms with Crippen LogP contribution in [0.25, 0.3) is 11.0 Å². The Bertz CT molecular complexity index is 720. The first-order valence-corrected chi connectivity index (χ1v) is 9.46. The van der Waals surface area contributed by atoms with Gasteiger partial charge in [-0.15, -0.1) is 0 Å². The molecule has 0 aliphatic rings. The summed E-state index contributed by atoms with van der Waals surface area (Å²) in [5.74, 6) is 1.33. The Kier molecular flexibility index (Phi) is 4.98. The highest BCUT2D eigenvalue weighted by molar-refractivity contribution is 7.90. The summed E-state index contributed by atoms with van der Waals surface area (Å²) in [6, 6.07) is 0. The number of unbranched alkanes of at least 4 members (excludes halogenated alkanes) is 1. The van der Waals surface area contributed by atoms with Crippen molar-refractivity contribution in [2.24, 2.45) is 0 Å². The summed E-state index contributed by atoms with van der Waals surface area (Å²) in [5, 5.41) is 0. The molecule has 2 heterocycles. The Balaban J connectivity index is 2.22.